The van der Waals surface area contributed by atoms with E-state index in [1.54, 1.807) is 43.5 Å². The highest BCUT2D eigenvalue weighted by Crippen LogP contribution is 2.42. The van der Waals surface area contributed by atoms with Crippen molar-refractivity contribution in [2.75, 3.05) is 42.0 Å². The number of benzene rings is 2. The fourth-order valence-corrected chi connectivity index (χ4v) is 3.15. The fraction of sp³-hybridized carbons (Fsp3) is 0.381. The van der Waals surface area contributed by atoms with Crippen LogP contribution in [-0.2, 0) is 14.2 Å². The first-order valence-electron chi connectivity index (χ1n) is 8.92. The SMILES string of the molecule is COCOc1cc(C2Oc3cccc(OCOC)c3C(=O)C2OC)ccc1OC. The molecule has 2 atom stereocenters. The number of rotatable bonds is 9. The van der Waals surface area contributed by atoms with Crippen molar-refractivity contribution >= 4 is 5.78 Å². The van der Waals surface area contributed by atoms with Gasteiger partial charge >= 0.3 is 0 Å². The smallest absolute Gasteiger partial charge is 0.203 e. The minimum absolute atomic E-state index is 0.0174. The Balaban J connectivity index is 1.98. The molecule has 0 saturated heterocycles. The zero-order chi connectivity index (χ0) is 20.8. The third-order valence-electron chi connectivity index (χ3n) is 4.46. The monoisotopic (exact) mass is 404 g/mol. The molecule has 29 heavy (non-hydrogen) atoms. The number of methoxy groups -OCH3 is 4. The van der Waals surface area contributed by atoms with Crippen LogP contribution in [0.3, 0.4) is 0 Å². The van der Waals surface area contributed by atoms with Crippen LogP contribution < -0.4 is 18.9 Å². The lowest BCUT2D eigenvalue weighted by atomic mass is 9.92. The summed E-state index contributed by atoms with van der Waals surface area (Å²) in [6.45, 7) is 0.0739. The number of ether oxygens (including phenoxy) is 7. The van der Waals surface area contributed by atoms with Gasteiger partial charge in [0.2, 0.25) is 5.78 Å². The second kappa shape index (κ2) is 9.60. The molecule has 0 radical (unpaired) electrons. The molecular weight excluding hydrogens is 380 g/mol. The first-order chi connectivity index (χ1) is 14.1. The van der Waals surface area contributed by atoms with E-state index in [4.69, 9.17) is 33.2 Å². The van der Waals surface area contributed by atoms with Crippen molar-refractivity contribution in [3.05, 3.63) is 47.5 Å². The summed E-state index contributed by atoms with van der Waals surface area (Å²) in [6.07, 6.45) is -1.54. The van der Waals surface area contributed by atoms with Crippen LogP contribution in [0.25, 0.3) is 0 Å². The number of ketones is 1. The normalized spacial score (nSPS) is 18.0. The highest BCUT2D eigenvalue weighted by molar-refractivity contribution is 6.05. The lowest BCUT2D eigenvalue weighted by Crippen LogP contribution is -2.38. The molecule has 0 fully saturated rings. The summed E-state index contributed by atoms with van der Waals surface area (Å²) in [5, 5.41) is 0. The third kappa shape index (κ3) is 4.29. The van der Waals surface area contributed by atoms with E-state index < -0.39 is 12.2 Å². The van der Waals surface area contributed by atoms with Gasteiger partial charge in [0.1, 0.15) is 17.1 Å². The summed E-state index contributed by atoms with van der Waals surface area (Å²) < 4.78 is 38.0. The maximum absolute atomic E-state index is 13.2. The maximum atomic E-state index is 13.2. The largest absolute Gasteiger partial charge is 0.493 e. The van der Waals surface area contributed by atoms with Gasteiger partial charge < -0.3 is 33.2 Å². The second-order valence-electron chi connectivity index (χ2n) is 6.20. The van der Waals surface area contributed by atoms with Gasteiger partial charge in [-0.15, -0.1) is 0 Å². The molecule has 1 heterocycles. The molecule has 8 nitrogen and oxygen atoms in total. The summed E-state index contributed by atoms with van der Waals surface area (Å²) >= 11 is 0. The Bertz CT molecular complexity index is 851. The Hall–Kier alpha value is -2.81. The van der Waals surface area contributed by atoms with Crippen molar-refractivity contribution in [1.29, 1.82) is 0 Å². The van der Waals surface area contributed by atoms with Crippen molar-refractivity contribution < 1.29 is 38.0 Å². The molecule has 0 aliphatic carbocycles. The van der Waals surface area contributed by atoms with Crippen molar-refractivity contribution in [3.63, 3.8) is 0 Å². The van der Waals surface area contributed by atoms with E-state index in [2.05, 4.69) is 0 Å². The number of hydrogen-bond donors (Lipinski definition) is 0. The molecule has 8 heteroatoms. The number of carbonyl (C=O) groups is 1. The van der Waals surface area contributed by atoms with Crippen LogP contribution in [0, 0.1) is 0 Å². The Labute approximate surface area is 169 Å². The van der Waals surface area contributed by atoms with Gasteiger partial charge in [0.05, 0.1) is 7.11 Å². The molecule has 2 aromatic rings. The Morgan fingerprint density at radius 1 is 0.897 bits per heavy atom. The van der Waals surface area contributed by atoms with Crippen LogP contribution in [0.15, 0.2) is 36.4 Å². The average molecular weight is 404 g/mol. The van der Waals surface area contributed by atoms with Gasteiger partial charge in [0.15, 0.2) is 37.3 Å². The van der Waals surface area contributed by atoms with E-state index in [1.165, 1.54) is 21.3 Å². The topological polar surface area (TPSA) is 81.7 Å². The molecule has 2 aromatic carbocycles. The standard InChI is InChI=1S/C21H24O8/c1-23-11-27-15-6-5-7-16-18(15)19(22)21(26-4)20(29-16)13-8-9-14(25-3)17(10-13)28-12-24-2/h5-10,20-21H,11-12H2,1-4H3. The number of fused-ring (bicyclic) bond motifs is 1. The van der Waals surface area contributed by atoms with Gasteiger partial charge in [-0.25, -0.2) is 0 Å². The molecule has 0 amide bonds. The zero-order valence-electron chi connectivity index (χ0n) is 16.8. The van der Waals surface area contributed by atoms with Gasteiger partial charge in [-0.3, -0.25) is 4.79 Å². The average Bonchev–Trinajstić information content (AvgIpc) is 2.75. The Kier molecular flexibility index (Phi) is 6.92. The van der Waals surface area contributed by atoms with Crippen LogP contribution in [0.2, 0.25) is 0 Å². The minimum Gasteiger partial charge on any atom is -0.493 e. The van der Waals surface area contributed by atoms with Gasteiger partial charge in [-0.1, -0.05) is 12.1 Å². The highest BCUT2D eigenvalue weighted by atomic mass is 16.7. The molecular formula is C21H24O8. The first kappa shape index (κ1) is 20.9. The summed E-state index contributed by atoms with van der Waals surface area (Å²) in [5.74, 6) is 1.57. The van der Waals surface area contributed by atoms with Gasteiger partial charge in [-0.2, -0.15) is 0 Å². The van der Waals surface area contributed by atoms with Gasteiger partial charge in [0.25, 0.3) is 0 Å². The quantitative estimate of drug-likeness (QED) is 0.590. The molecule has 0 saturated carbocycles. The lowest BCUT2D eigenvalue weighted by Gasteiger charge is -2.32. The molecule has 0 aromatic heterocycles. The lowest BCUT2D eigenvalue weighted by molar-refractivity contribution is -0.00256. The van der Waals surface area contributed by atoms with E-state index in [0.717, 1.165) is 0 Å². The summed E-state index contributed by atoms with van der Waals surface area (Å²) in [7, 11) is 6.05. The minimum atomic E-state index is -0.863. The van der Waals surface area contributed by atoms with Crippen molar-refractivity contribution in [1.82, 2.24) is 0 Å². The zero-order valence-corrected chi connectivity index (χ0v) is 16.8. The van der Waals surface area contributed by atoms with Crippen LogP contribution in [0.4, 0.5) is 0 Å². The first-order valence-corrected chi connectivity index (χ1v) is 8.92. The Morgan fingerprint density at radius 2 is 1.62 bits per heavy atom. The molecule has 1 aliphatic heterocycles. The number of Topliss-reactive ketones (excluding diaryl/α,β-unsaturated/α-hetero) is 1. The van der Waals surface area contributed by atoms with Crippen LogP contribution in [0.5, 0.6) is 23.0 Å². The predicted octanol–water partition coefficient (Wildman–Crippen LogP) is 2.99. The molecule has 1 aliphatic rings. The van der Waals surface area contributed by atoms with E-state index in [-0.39, 0.29) is 19.4 Å². The molecule has 2 unspecified atom stereocenters. The van der Waals surface area contributed by atoms with Gasteiger partial charge in [0, 0.05) is 21.3 Å². The van der Waals surface area contributed by atoms with Gasteiger partial charge in [-0.05, 0) is 29.8 Å². The van der Waals surface area contributed by atoms with E-state index in [0.29, 0.717) is 34.1 Å². The molecule has 3 rings (SSSR count). The maximum Gasteiger partial charge on any atom is 0.203 e. The fourth-order valence-electron chi connectivity index (χ4n) is 3.15. The van der Waals surface area contributed by atoms with Crippen molar-refractivity contribution in [2.45, 2.75) is 12.2 Å². The Morgan fingerprint density at radius 3 is 2.28 bits per heavy atom. The van der Waals surface area contributed by atoms with Crippen molar-refractivity contribution in [2.24, 2.45) is 0 Å². The summed E-state index contributed by atoms with van der Waals surface area (Å²) in [6, 6.07) is 10.5. The van der Waals surface area contributed by atoms with Crippen LogP contribution in [0.1, 0.15) is 22.0 Å². The molecule has 0 spiro atoms. The van der Waals surface area contributed by atoms with Crippen molar-refractivity contribution in [3.8, 4) is 23.0 Å². The summed E-state index contributed by atoms with van der Waals surface area (Å²) in [4.78, 5) is 13.2. The van der Waals surface area contributed by atoms with E-state index in [9.17, 15) is 4.79 Å². The molecule has 0 N–H and O–H groups in total. The predicted molar refractivity (Wildman–Crippen MR) is 103 cm³/mol. The van der Waals surface area contributed by atoms with Crippen LogP contribution in [-0.4, -0.2) is 53.9 Å². The van der Waals surface area contributed by atoms with E-state index in [1.807, 2.05) is 0 Å². The second-order valence-corrected chi connectivity index (χ2v) is 6.20. The number of carbonyl (C=O) groups excluding carboxylic acids is 1. The molecule has 156 valence electrons. The highest BCUT2D eigenvalue weighted by Gasteiger charge is 2.40. The summed E-state index contributed by atoms with van der Waals surface area (Å²) in [5.41, 5.74) is 1.03. The molecule has 0 bridgehead atoms. The van der Waals surface area contributed by atoms with Crippen LogP contribution >= 0.6 is 0 Å². The van der Waals surface area contributed by atoms with E-state index >= 15 is 0 Å². The third-order valence-corrected chi connectivity index (χ3v) is 4.46. The number of hydrogen-bond acceptors (Lipinski definition) is 8.